The number of nitrogens with zero attached hydrogens (tertiary/aromatic N) is 3. The fourth-order valence-corrected chi connectivity index (χ4v) is 2.77. The van der Waals surface area contributed by atoms with E-state index in [-0.39, 0.29) is 0 Å². The van der Waals surface area contributed by atoms with Crippen molar-refractivity contribution in [2.75, 3.05) is 5.73 Å². The summed E-state index contributed by atoms with van der Waals surface area (Å²) in [5.41, 5.74) is 10.5. The molecule has 0 atom stereocenters. The lowest BCUT2D eigenvalue weighted by Gasteiger charge is -2.09. The molecule has 2 aromatic carbocycles. The maximum atomic E-state index is 8.93. The minimum atomic E-state index is 0.427. The van der Waals surface area contributed by atoms with E-state index >= 15 is 0 Å². The predicted octanol–water partition coefficient (Wildman–Crippen LogP) is 3.55. The van der Waals surface area contributed by atoms with Crippen molar-refractivity contribution in [1.82, 2.24) is 9.55 Å². The first-order valence-corrected chi connectivity index (χ1v) is 6.84. The number of halogens is 1. The van der Waals surface area contributed by atoms with Crippen LogP contribution in [0.25, 0.3) is 16.7 Å². The lowest BCUT2D eigenvalue weighted by Crippen LogP contribution is -2.01. The van der Waals surface area contributed by atoms with Gasteiger partial charge in [-0.1, -0.05) is 6.07 Å². The first kappa shape index (κ1) is 12.7. The van der Waals surface area contributed by atoms with E-state index in [1.165, 1.54) is 0 Å². The largest absolute Gasteiger partial charge is 0.369 e. The molecule has 2 N–H and O–H groups in total. The van der Waals surface area contributed by atoms with Gasteiger partial charge in [-0.05, 0) is 58.7 Å². The molecule has 98 valence electrons. The maximum absolute atomic E-state index is 8.93. The molecule has 0 fully saturated rings. The molecule has 3 rings (SSSR count). The van der Waals surface area contributed by atoms with Gasteiger partial charge in [0.2, 0.25) is 5.95 Å². The van der Waals surface area contributed by atoms with Gasteiger partial charge in [-0.3, -0.25) is 4.57 Å². The number of rotatable bonds is 1. The molecule has 1 aromatic heterocycles. The van der Waals surface area contributed by atoms with Crippen molar-refractivity contribution in [3.05, 3.63) is 52.0 Å². The molecule has 5 heteroatoms. The average molecular weight is 327 g/mol. The molecule has 0 amide bonds. The highest BCUT2D eigenvalue weighted by Crippen LogP contribution is 2.29. The molecule has 0 saturated heterocycles. The minimum absolute atomic E-state index is 0.427. The lowest BCUT2D eigenvalue weighted by molar-refractivity contribution is 1.10. The molecule has 1 heterocycles. The highest BCUT2D eigenvalue weighted by Gasteiger charge is 2.12. The number of nitrogen functional groups attached to an aromatic ring is 1. The Bertz CT molecular complexity index is 858. The van der Waals surface area contributed by atoms with E-state index < -0.39 is 0 Å². The number of hydrogen-bond donors (Lipinski definition) is 1. The third kappa shape index (κ3) is 1.95. The second kappa shape index (κ2) is 4.66. The Balaban J connectivity index is 2.32. The summed E-state index contributed by atoms with van der Waals surface area (Å²) in [5, 5.41) is 8.93. The summed E-state index contributed by atoms with van der Waals surface area (Å²) in [6, 6.07) is 13.5. The van der Waals surface area contributed by atoms with Crippen molar-refractivity contribution in [3.8, 4) is 11.8 Å². The zero-order chi connectivity index (χ0) is 14.3. The summed E-state index contributed by atoms with van der Waals surface area (Å²) in [5.74, 6) is 0.427. The number of aromatic nitrogens is 2. The molecule has 20 heavy (non-hydrogen) atoms. The molecule has 0 unspecified atom stereocenters. The first-order valence-electron chi connectivity index (χ1n) is 6.05. The van der Waals surface area contributed by atoms with E-state index in [4.69, 9.17) is 11.0 Å². The smallest absolute Gasteiger partial charge is 0.205 e. The Hall–Kier alpha value is -2.32. The Morgan fingerprint density at radius 3 is 2.75 bits per heavy atom. The van der Waals surface area contributed by atoms with Crippen LogP contribution in [0.15, 0.2) is 40.9 Å². The summed E-state index contributed by atoms with van der Waals surface area (Å²) < 4.78 is 2.69. The number of benzene rings is 2. The molecule has 0 saturated carbocycles. The van der Waals surface area contributed by atoms with Gasteiger partial charge in [0.05, 0.1) is 28.4 Å². The Labute approximate surface area is 124 Å². The molecule has 4 nitrogen and oxygen atoms in total. The predicted molar refractivity (Wildman–Crippen MR) is 82.6 cm³/mol. The maximum Gasteiger partial charge on any atom is 0.205 e. The number of anilines is 1. The highest BCUT2D eigenvalue weighted by molar-refractivity contribution is 9.10. The fourth-order valence-electron chi connectivity index (χ4n) is 2.21. The second-order valence-electron chi connectivity index (χ2n) is 4.58. The van der Waals surface area contributed by atoms with Gasteiger partial charge in [-0.15, -0.1) is 0 Å². The quantitative estimate of drug-likeness (QED) is 0.743. The van der Waals surface area contributed by atoms with Crippen molar-refractivity contribution in [1.29, 1.82) is 5.26 Å². The van der Waals surface area contributed by atoms with Crippen molar-refractivity contribution >= 4 is 32.9 Å². The zero-order valence-corrected chi connectivity index (χ0v) is 12.3. The molecule has 3 aromatic rings. The van der Waals surface area contributed by atoms with E-state index in [2.05, 4.69) is 27.0 Å². The number of nitrogens with two attached hydrogens (primary N) is 1. The van der Waals surface area contributed by atoms with Crippen LogP contribution in [-0.2, 0) is 0 Å². The van der Waals surface area contributed by atoms with E-state index in [0.717, 1.165) is 26.8 Å². The van der Waals surface area contributed by atoms with Crippen LogP contribution in [0.3, 0.4) is 0 Å². The molecule has 0 radical (unpaired) electrons. The Kier molecular flexibility index (Phi) is 2.96. The monoisotopic (exact) mass is 326 g/mol. The Morgan fingerprint density at radius 2 is 2.05 bits per heavy atom. The van der Waals surface area contributed by atoms with Crippen LogP contribution < -0.4 is 5.73 Å². The zero-order valence-electron chi connectivity index (χ0n) is 10.8. The topological polar surface area (TPSA) is 67.6 Å². The van der Waals surface area contributed by atoms with E-state index in [1.54, 1.807) is 12.1 Å². The highest BCUT2D eigenvalue weighted by atomic mass is 79.9. The third-order valence-electron chi connectivity index (χ3n) is 3.15. The van der Waals surface area contributed by atoms with Crippen molar-refractivity contribution < 1.29 is 0 Å². The van der Waals surface area contributed by atoms with Crippen LogP contribution in [0.2, 0.25) is 0 Å². The van der Waals surface area contributed by atoms with Gasteiger partial charge in [-0.2, -0.15) is 5.26 Å². The van der Waals surface area contributed by atoms with Crippen LogP contribution in [0.5, 0.6) is 0 Å². The van der Waals surface area contributed by atoms with Crippen molar-refractivity contribution in [2.45, 2.75) is 6.92 Å². The lowest BCUT2D eigenvalue weighted by atomic mass is 10.2. The molecular formula is C15H11BrN4. The number of imidazole rings is 1. The van der Waals surface area contributed by atoms with Gasteiger partial charge < -0.3 is 5.73 Å². The van der Waals surface area contributed by atoms with Gasteiger partial charge in [0, 0.05) is 4.47 Å². The van der Waals surface area contributed by atoms with Gasteiger partial charge in [0.25, 0.3) is 0 Å². The molecule has 0 bridgehead atoms. The summed E-state index contributed by atoms with van der Waals surface area (Å²) in [7, 11) is 0. The summed E-state index contributed by atoms with van der Waals surface area (Å²) in [4.78, 5) is 4.37. The summed E-state index contributed by atoms with van der Waals surface area (Å²) in [6.07, 6.45) is 0. The van der Waals surface area contributed by atoms with Crippen LogP contribution >= 0.6 is 15.9 Å². The van der Waals surface area contributed by atoms with Crippen LogP contribution in [0, 0.1) is 18.3 Å². The van der Waals surface area contributed by atoms with Crippen LogP contribution in [-0.4, -0.2) is 9.55 Å². The summed E-state index contributed by atoms with van der Waals surface area (Å²) in [6.45, 7) is 2.03. The molecule has 0 aliphatic heterocycles. The normalized spacial score (nSPS) is 10.7. The SMILES string of the molecule is Cc1ccc2nc(N)n(-c3ccc(C#N)cc3Br)c2c1. The molecule has 0 aliphatic rings. The van der Waals surface area contributed by atoms with Gasteiger partial charge >= 0.3 is 0 Å². The van der Waals surface area contributed by atoms with Crippen LogP contribution in [0.1, 0.15) is 11.1 Å². The van der Waals surface area contributed by atoms with Gasteiger partial charge in [0.1, 0.15) is 0 Å². The van der Waals surface area contributed by atoms with E-state index in [1.807, 2.05) is 35.8 Å². The van der Waals surface area contributed by atoms with E-state index in [9.17, 15) is 0 Å². The van der Waals surface area contributed by atoms with Gasteiger partial charge in [-0.25, -0.2) is 4.98 Å². The first-order chi connectivity index (χ1) is 9.60. The number of nitriles is 1. The molecular weight excluding hydrogens is 316 g/mol. The van der Waals surface area contributed by atoms with Gasteiger partial charge in [0.15, 0.2) is 0 Å². The average Bonchev–Trinajstić information content (AvgIpc) is 2.74. The third-order valence-corrected chi connectivity index (χ3v) is 3.79. The standard InChI is InChI=1S/C15H11BrN4/c1-9-2-4-12-14(6-9)20(15(18)19-12)13-5-3-10(8-17)7-11(13)16/h2-7H,1H3,(H2,18,19). The number of fused-ring (bicyclic) bond motifs is 1. The second-order valence-corrected chi connectivity index (χ2v) is 5.43. The minimum Gasteiger partial charge on any atom is -0.369 e. The van der Waals surface area contributed by atoms with Crippen molar-refractivity contribution in [2.24, 2.45) is 0 Å². The summed E-state index contributed by atoms with van der Waals surface area (Å²) >= 11 is 3.49. The molecule has 0 aliphatic carbocycles. The number of aryl methyl sites for hydroxylation is 1. The number of hydrogen-bond acceptors (Lipinski definition) is 3. The van der Waals surface area contributed by atoms with Crippen molar-refractivity contribution in [3.63, 3.8) is 0 Å². The van der Waals surface area contributed by atoms with E-state index in [0.29, 0.717) is 11.5 Å². The molecule has 0 spiro atoms. The fraction of sp³-hybridized carbons (Fsp3) is 0.0667. The Morgan fingerprint density at radius 1 is 1.25 bits per heavy atom. The van der Waals surface area contributed by atoms with Crippen LogP contribution in [0.4, 0.5) is 5.95 Å².